The summed E-state index contributed by atoms with van der Waals surface area (Å²) in [7, 11) is 0. The van der Waals surface area contributed by atoms with E-state index in [1.165, 1.54) is 0 Å². The molecule has 0 spiro atoms. The van der Waals surface area contributed by atoms with Crippen LogP contribution in [0.4, 0.5) is 5.82 Å². The topological polar surface area (TPSA) is 91.2 Å². The lowest BCUT2D eigenvalue weighted by Crippen LogP contribution is -2.11. The van der Waals surface area contributed by atoms with Crippen LogP contribution >= 0.6 is 0 Å². The highest BCUT2D eigenvalue weighted by Gasteiger charge is 2.31. The van der Waals surface area contributed by atoms with E-state index in [4.69, 9.17) is 0 Å². The summed E-state index contributed by atoms with van der Waals surface area (Å²) in [6, 6.07) is 18.9. The molecular formula is C22H12N4O2. The first-order valence-electron chi connectivity index (χ1n) is 8.83. The Balaban J connectivity index is 1.56. The summed E-state index contributed by atoms with van der Waals surface area (Å²) in [5.41, 5.74) is 2.94. The number of carbonyl (C=O) groups excluding carboxylic acids is 1. The third kappa shape index (κ3) is 1.97. The second-order valence-corrected chi connectivity index (χ2v) is 6.77. The molecule has 2 aromatic carbocycles. The number of hydrogen-bond donors (Lipinski definition) is 2. The smallest absolute Gasteiger partial charge is 0.217 e. The summed E-state index contributed by atoms with van der Waals surface area (Å²) in [6.07, 6.45) is 0. The molecule has 6 nitrogen and oxygen atoms in total. The third-order valence-electron chi connectivity index (χ3n) is 5.08. The van der Waals surface area contributed by atoms with E-state index in [1.54, 1.807) is 6.07 Å². The predicted molar refractivity (Wildman–Crippen MR) is 108 cm³/mol. The van der Waals surface area contributed by atoms with Crippen molar-refractivity contribution in [2.45, 2.75) is 0 Å². The summed E-state index contributed by atoms with van der Waals surface area (Å²) < 4.78 is 0. The molecule has 0 saturated heterocycles. The van der Waals surface area contributed by atoms with Crippen LogP contribution in [0.25, 0.3) is 32.8 Å². The number of para-hydroxylation sites is 2. The summed E-state index contributed by atoms with van der Waals surface area (Å²) in [5.74, 6) is 0.0762. The van der Waals surface area contributed by atoms with Gasteiger partial charge in [0.15, 0.2) is 11.6 Å². The molecule has 132 valence electrons. The Morgan fingerprint density at radius 2 is 1.54 bits per heavy atom. The van der Waals surface area contributed by atoms with Gasteiger partial charge in [-0.1, -0.05) is 36.4 Å². The van der Waals surface area contributed by atoms with Crippen LogP contribution in [-0.2, 0) is 0 Å². The van der Waals surface area contributed by atoms with Gasteiger partial charge in [-0.25, -0.2) is 15.0 Å². The Hall–Kier alpha value is -4.06. The molecule has 0 radical (unpaired) electrons. The number of H-pyrrole nitrogens is 1. The number of aromatic hydroxyl groups is 1. The van der Waals surface area contributed by atoms with Crippen LogP contribution in [0.15, 0.2) is 65.7 Å². The van der Waals surface area contributed by atoms with Gasteiger partial charge in [0.1, 0.15) is 17.1 Å². The van der Waals surface area contributed by atoms with E-state index >= 15 is 0 Å². The van der Waals surface area contributed by atoms with E-state index in [0.29, 0.717) is 22.4 Å². The van der Waals surface area contributed by atoms with Crippen LogP contribution in [0.5, 0.6) is 5.75 Å². The lowest BCUT2D eigenvalue weighted by Gasteiger charge is -1.99. The van der Waals surface area contributed by atoms with E-state index in [9.17, 15) is 9.90 Å². The number of ketones is 1. The quantitative estimate of drug-likeness (QED) is 0.464. The number of pyridine rings is 2. The zero-order valence-corrected chi connectivity index (χ0v) is 14.5. The van der Waals surface area contributed by atoms with Crippen LogP contribution in [0.1, 0.15) is 16.1 Å². The summed E-state index contributed by atoms with van der Waals surface area (Å²) in [4.78, 5) is 29.5. The van der Waals surface area contributed by atoms with Gasteiger partial charge in [0, 0.05) is 10.8 Å². The number of aromatic amines is 1. The van der Waals surface area contributed by atoms with E-state index in [0.717, 1.165) is 21.8 Å². The van der Waals surface area contributed by atoms with Gasteiger partial charge in [0.25, 0.3) is 0 Å². The van der Waals surface area contributed by atoms with Crippen LogP contribution in [-0.4, -0.2) is 31.6 Å². The number of nitrogens with zero attached hydrogens (tertiary/aromatic N) is 3. The van der Waals surface area contributed by atoms with Crippen molar-refractivity contribution < 1.29 is 9.90 Å². The van der Waals surface area contributed by atoms with Gasteiger partial charge in [0.05, 0.1) is 22.0 Å². The van der Waals surface area contributed by atoms with Gasteiger partial charge in [-0.05, 0) is 24.3 Å². The Morgan fingerprint density at radius 3 is 2.32 bits per heavy atom. The lowest BCUT2D eigenvalue weighted by atomic mass is 10.1. The summed E-state index contributed by atoms with van der Waals surface area (Å²) in [6.45, 7) is 0. The maximum atomic E-state index is 13.0. The molecule has 1 aliphatic heterocycles. The van der Waals surface area contributed by atoms with Gasteiger partial charge in [-0.2, -0.15) is 0 Å². The van der Waals surface area contributed by atoms with Crippen molar-refractivity contribution in [1.29, 1.82) is 0 Å². The number of nitrogens with one attached hydrogen (secondary N) is 1. The van der Waals surface area contributed by atoms with Crippen molar-refractivity contribution >= 4 is 50.2 Å². The highest BCUT2D eigenvalue weighted by Crippen LogP contribution is 2.36. The minimum atomic E-state index is -0.264. The van der Waals surface area contributed by atoms with Crippen LogP contribution in [0.3, 0.4) is 0 Å². The molecule has 3 aromatic heterocycles. The summed E-state index contributed by atoms with van der Waals surface area (Å²) in [5, 5.41) is 13.1. The normalized spacial score (nSPS) is 13.4. The minimum Gasteiger partial charge on any atom is -0.505 e. The maximum Gasteiger partial charge on any atom is 0.217 e. The minimum absolute atomic E-state index is 0.0299. The average molecular weight is 364 g/mol. The number of aromatic nitrogens is 3. The monoisotopic (exact) mass is 364 g/mol. The van der Waals surface area contributed by atoms with Crippen molar-refractivity contribution in [2.75, 3.05) is 0 Å². The molecule has 0 unspecified atom stereocenters. The van der Waals surface area contributed by atoms with E-state index < -0.39 is 0 Å². The number of benzene rings is 2. The van der Waals surface area contributed by atoms with Crippen molar-refractivity contribution in [1.82, 2.24) is 15.0 Å². The van der Waals surface area contributed by atoms with E-state index in [-0.39, 0.29) is 22.9 Å². The van der Waals surface area contributed by atoms with Gasteiger partial charge in [-0.3, -0.25) is 4.79 Å². The number of hydrogen-bond acceptors (Lipinski definition) is 5. The SMILES string of the molecule is O=C1C(c2[nH]c3nc4ccccc4cc3c2O)=Nc2nc3ccccc3cc21. The van der Waals surface area contributed by atoms with Crippen molar-refractivity contribution in [3.8, 4) is 5.75 Å². The molecule has 5 aromatic rings. The first kappa shape index (κ1) is 15.0. The number of fused-ring (bicyclic) bond motifs is 4. The number of aliphatic imine (C=N–C) groups is 1. The standard InChI is InChI=1S/C22H12N4O2/c27-19-13-9-11-5-1-3-7-15(11)23-21(13)25-17(19)18-20(28)14-10-12-6-2-4-8-16(12)24-22(14)26-18/h1-10,27H,(H,23,25). The number of carbonyl (C=O) groups is 1. The molecule has 28 heavy (non-hydrogen) atoms. The Morgan fingerprint density at radius 1 is 0.857 bits per heavy atom. The maximum absolute atomic E-state index is 13.0. The number of Topliss-reactive ketones (excluding diaryl/α,β-unsaturated/α-hetero) is 1. The zero-order valence-electron chi connectivity index (χ0n) is 14.5. The second-order valence-electron chi connectivity index (χ2n) is 6.77. The van der Waals surface area contributed by atoms with Crippen molar-refractivity contribution in [3.05, 3.63) is 71.9 Å². The Labute approximate surface area is 158 Å². The fourth-order valence-electron chi connectivity index (χ4n) is 3.69. The largest absolute Gasteiger partial charge is 0.505 e. The molecule has 2 N–H and O–H groups in total. The molecule has 0 atom stereocenters. The lowest BCUT2D eigenvalue weighted by molar-refractivity contribution is 0.106. The van der Waals surface area contributed by atoms with Crippen molar-refractivity contribution in [2.24, 2.45) is 4.99 Å². The summed E-state index contributed by atoms with van der Waals surface area (Å²) >= 11 is 0. The van der Waals surface area contributed by atoms with Gasteiger partial charge in [-0.15, -0.1) is 0 Å². The fraction of sp³-hybridized carbons (Fsp3) is 0. The molecule has 0 aliphatic carbocycles. The molecule has 4 heterocycles. The predicted octanol–water partition coefficient (Wildman–Crippen LogP) is 4.29. The molecule has 6 heteroatoms. The number of rotatable bonds is 1. The molecular weight excluding hydrogens is 352 g/mol. The van der Waals surface area contributed by atoms with Gasteiger partial charge < -0.3 is 10.1 Å². The Bertz CT molecular complexity index is 1500. The highest BCUT2D eigenvalue weighted by atomic mass is 16.3. The molecule has 6 rings (SSSR count). The first-order chi connectivity index (χ1) is 13.7. The Kier molecular flexibility index (Phi) is 2.81. The highest BCUT2D eigenvalue weighted by molar-refractivity contribution is 6.55. The molecule has 0 saturated carbocycles. The van der Waals surface area contributed by atoms with Crippen LogP contribution in [0.2, 0.25) is 0 Å². The molecule has 0 fully saturated rings. The van der Waals surface area contributed by atoms with Gasteiger partial charge >= 0.3 is 0 Å². The molecule has 0 amide bonds. The van der Waals surface area contributed by atoms with E-state index in [2.05, 4.69) is 19.9 Å². The molecule has 0 bridgehead atoms. The third-order valence-corrected chi connectivity index (χ3v) is 5.08. The van der Waals surface area contributed by atoms with Crippen LogP contribution < -0.4 is 0 Å². The zero-order chi connectivity index (χ0) is 18.8. The van der Waals surface area contributed by atoms with Gasteiger partial charge in [0.2, 0.25) is 5.78 Å². The average Bonchev–Trinajstić information content (AvgIpc) is 3.21. The van der Waals surface area contributed by atoms with Crippen molar-refractivity contribution in [3.63, 3.8) is 0 Å². The molecule has 1 aliphatic rings. The van der Waals surface area contributed by atoms with Crippen LogP contribution in [0, 0.1) is 0 Å². The fourth-order valence-corrected chi connectivity index (χ4v) is 3.69. The van der Waals surface area contributed by atoms with E-state index in [1.807, 2.05) is 54.6 Å². The second kappa shape index (κ2) is 5.23. The first-order valence-corrected chi connectivity index (χ1v) is 8.83.